The van der Waals surface area contributed by atoms with Crippen LogP contribution in [0.2, 0.25) is 0 Å². The van der Waals surface area contributed by atoms with E-state index < -0.39 is 12.1 Å². The maximum absolute atomic E-state index is 12.4. The predicted octanol–water partition coefficient (Wildman–Crippen LogP) is 3.42. The lowest BCUT2D eigenvalue weighted by Crippen LogP contribution is -2.28. The van der Waals surface area contributed by atoms with Crippen LogP contribution in [0, 0.1) is 5.92 Å². The summed E-state index contributed by atoms with van der Waals surface area (Å²) in [5.74, 6) is -1.61. The van der Waals surface area contributed by atoms with Gasteiger partial charge in [0.15, 0.2) is 0 Å². The highest BCUT2D eigenvalue weighted by atomic mass is 19.4. The lowest BCUT2D eigenvalue weighted by atomic mass is 10.1. The van der Waals surface area contributed by atoms with Crippen LogP contribution in [0.25, 0.3) is 11.4 Å². The molecule has 1 unspecified atom stereocenters. The van der Waals surface area contributed by atoms with Crippen LogP contribution < -0.4 is 5.32 Å². The van der Waals surface area contributed by atoms with E-state index in [0.29, 0.717) is 12.1 Å². The second-order valence-electron chi connectivity index (χ2n) is 5.14. The number of rotatable bonds is 5. The Morgan fingerprint density at radius 3 is 2.48 bits per heavy atom. The quantitative estimate of drug-likeness (QED) is 0.914. The molecule has 0 bridgehead atoms. The smallest absolute Gasteiger partial charge is 0.352 e. The van der Waals surface area contributed by atoms with Crippen molar-refractivity contribution < 1.29 is 22.5 Å². The molecule has 1 heterocycles. The van der Waals surface area contributed by atoms with E-state index in [1.54, 1.807) is 24.3 Å². The Morgan fingerprint density at radius 1 is 1.30 bits per heavy atom. The van der Waals surface area contributed by atoms with Crippen molar-refractivity contribution in [2.75, 3.05) is 0 Å². The highest BCUT2D eigenvalue weighted by Gasteiger charge is 2.38. The standard InChI is InChI=1S/C15H16F3N3O2/c1-3-9(2)13(22)19-8-10-4-6-11(7-5-10)12-20-14(23-21-12)15(16,17)18/h4-7,9H,3,8H2,1-2H3,(H,19,22). The molecule has 1 amide bonds. The number of carbonyl (C=O) groups excluding carboxylic acids is 1. The number of amides is 1. The first kappa shape index (κ1) is 17.0. The molecule has 2 aromatic rings. The molecule has 23 heavy (non-hydrogen) atoms. The SMILES string of the molecule is CCC(C)C(=O)NCc1ccc(-c2noc(C(F)(F)F)n2)cc1. The molecule has 0 aliphatic rings. The molecular weight excluding hydrogens is 311 g/mol. The number of hydrogen-bond acceptors (Lipinski definition) is 4. The zero-order valence-electron chi connectivity index (χ0n) is 12.6. The van der Waals surface area contributed by atoms with Gasteiger partial charge in [0.2, 0.25) is 11.7 Å². The van der Waals surface area contributed by atoms with Gasteiger partial charge in [0.25, 0.3) is 0 Å². The first-order valence-electron chi connectivity index (χ1n) is 7.09. The highest BCUT2D eigenvalue weighted by molar-refractivity contribution is 5.78. The number of alkyl halides is 3. The topological polar surface area (TPSA) is 68.0 Å². The minimum atomic E-state index is -4.66. The third kappa shape index (κ3) is 4.30. The molecule has 0 fully saturated rings. The summed E-state index contributed by atoms with van der Waals surface area (Å²) in [7, 11) is 0. The van der Waals surface area contributed by atoms with Crippen LogP contribution in [0.3, 0.4) is 0 Å². The zero-order valence-corrected chi connectivity index (χ0v) is 12.6. The van der Waals surface area contributed by atoms with E-state index in [2.05, 4.69) is 20.0 Å². The van der Waals surface area contributed by atoms with E-state index in [1.165, 1.54) is 0 Å². The average Bonchev–Trinajstić information content (AvgIpc) is 3.02. The zero-order chi connectivity index (χ0) is 17.0. The van der Waals surface area contributed by atoms with Crippen molar-refractivity contribution in [2.24, 2.45) is 5.92 Å². The van der Waals surface area contributed by atoms with Crippen molar-refractivity contribution in [3.63, 3.8) is 0 Å². The number of aromatic nitrogens is 2. The molecule has 5 nitrogen and oxygen atoms in total. The third-order valence-corrected chi connectivity index (χ3v) is 3.41. The molecule has 0 saturated heterocycles. The fraction of sp³-hybridized carbons (Fsp3) is 0.400. The number of hydrogen-bond donors (Lipinski definition) is 1. The molecule has 0 aliphatic carbocycles. The van der Waals surface area contributed by atoms with Gasteiger partial charge in [-0.05, 0) is 12.0 Å². The van der Waals surface area contributed by atoms with Gasteiger partial charge in [-0.15, -0.1) is 0 Å². The molecule has 0 radical (unpaired) electrons. The summed E-state index contributed by atoms with van der Waals surface area (Å²) >= 11 is 0. The van der Waals surface area contributed by atoms with Crippen molar-refractivity contribution in [1.82, 2.24) is 15.5 Å². The Hall–Kier alpha value is -2.38. The number of nitrogens with zero attached hydrogens (tertiary/aromatic N) is 2. The van der Waals surface area contributed by atoms with E-state index in [9.17, 15) is 18.0 Å². The van der Waals surface area contributed by atoms with Crippen LogP contribution >= 0.6 is 0 Å². The Balaban J connectivity index is 2.02. The molecular formula is C15H16F3N3O2. The predicted molar refractivity (Wildman–Crippen MR) is 76.0 cm³/mol. The minimum Gasteiger partial charge on any atom is -0.352 e. The molecule has 1 atom stereocenters. The van der Waals surface area contributed by atoms with Gasteiger partial charge < -0.3 is 9.84 Å². The molecule has 0 spiro atoms. The summed E-state index contributed by atoms with van der Waals surface area (Å²) in [4.78, 5) is 15.0. The van der Waals surface area contributed by atoms with Crippen LogP contribution in [-0.2, 0) is 17.5 Å². The van der Waals surface area contributed by atoms with Crippen LogP contribution in [-0.4, -0.2) is 16.0 Å². The summed E-state index contributed by atoms with van der Waals surface area (Å²) in [5.41, 5.74) is 1.23. The second-order valence-corrected chi connectivity index (χ2v) is 5.14. The molecule has 8 heteroatoms. The summed E-state index contributed by atoms with van der Waals surface area (Å²) < 4.78 is 41.4. The molecule has 1 aromatic heterocycles. The van der Waals surface area contributed by atoms with Gasteiger partial charge in [0.05, 0.1) is 0 Å². The van der Waals surface area contributed by atoms with Crippen molar-refractivity contribution in [3.8, 4) is 11.4 Å². The van der Waals surface area contributed by atoms with E-state index in [1.807, 2.05) is 13.8 Å². The van der Waals surface area contributed by atoms with Crippen molar-refractivity contribution in [1.29, 1.82) is 0 Å². The van der Waals surface area contributed by atoms with Gasteiger partial charge in [-0.3, -0.25) is 4.79 Å². The number of benzene rings is 1. The Bertz CT molecular complexity index is 665. The molecule has 124 valence electrons. The van der Waals surface area contributed by atoms with Gasteiger partial charge in [0.1, 0.15) is 0 Å². The van der Waals surface area contributed by atoms with Gasteiger partial charge in [-0.25, -0.2) is 0 Å². The summed E-state index contributed by atoms with van der Waals surface area (Å²) in [6.45, 7) is 4.12. The van der Waals surface area contributed by atoms with Crippen molar-refractivity contribution in [3.05, 3.63) is 35.7 Å². The fourth-order valence-electron chi connectivity index (χ4n) is 1.78. The molecule has 2 rings (SSSR count). The minimum absolute atomic E-state index is 0.0374. The maximum Gasteiger partial charge on any atom is 0.471 e. The Kier molecular flexibility index (Phi) is 5.02. The van der Waals surface area contributed by atoms with Gasteiger partial charge >= 0.3 is 12.1 Å². The van der Waals surface area contributed by atoms with Crippen molar-refractivity contribution in [2.45, 2.75) is 33.0 Å². The van der Waals surface area contributed by atoms with Crippen LogP contribution in [0.15, 0.2) is 28.8 Å². The summed E-state index contributed by atoms with van der Waals surface area (Å²) in [6, 6.07) is 6.54. The first-order valence-corrected chi connectivity index (χ1v) is 7.09. The summed E-state index contributed by atoms with van der Waals surface area (Å²) in [5, 5.41) is 6.11. The van der Waals surface area contributed by atoms with Gasteiger partial charge in [0, 0.05) is 18.0 Å². The van der Waals surface area contributed by atoms with E-state index in [0.717, 1.165) is 12.0 Å². The van der Waals surface area contributed by atoms with Crippen LogP contribution in [0.1, 0.15) is 31.7 Å². The largest absolute Gasteiger partial charge is 0.471 e. The lowest BCUT2D eigenvalue weighted by Gasteiger charge is -2.10. The van der Waals surface area contributed by atoms with E-state index >= 15 is 0 Å². The Morgan fingerprint density at radius 2 is 1.96 bits per heavy atom. The van der Waals surface area contributed by atoms with Crippen LogP contribution in [0.4, 0.5) is 13.2 Å². The monoisotopic (exact) mass is 327 g/mol. The van der Waals surface area contributed by atoms with Gasteiger partial charge in [-0.1, -0.05) is 43.3 Å². The maximum atomic E-state index is 12.4. The van der Waals surface area contributed by atoms with E-state index in [4.69, 9.17) is 0 Å². The molecule has 0 saturated carbocycles. The van der Waals surface area contributed by atoms with Crippen molar-refractivity contribution >= 4 is 5.91 Å². The number of halogens is 3. The number of carbonyl (C=O) groups is 1. The second kappa shape index (κ2) is 6.80. The molecule has 0 aliphatic heterocycles. The van der Waals surface area contributed by atoms with Gasteiger partial charge in [-0.2, -0.15) is 18.2 Å². The van der Waals surface area contributed by atoms with Crippen LogP contribution in [0.5, 0.6) is 0 Å². The number of nitrogens with one attached hydrogen (secondary N) is 1. The summed E-state index contributed by atoms with van der Waals surface area (Å²) in [6.07, 6.45) is -3.91. The first-order chi connectivity index (χ1) is 10.8. The molecule has 1 N–H and O–H groups in total. The van der Waals surface area contributed by atoms with E-state index in [-0.39, 0.29) is 17.6 Å². The highest BCUT2D eigenvalue weighted by Crippen LogP contribution is 2.29. The average molecular weight is 327 g/mol. The normalized spacial score (nSPS) is 12.9. The third-order valence-electron chi connectivity index (χ3n) is 3.41. The lowest BCUT2D eigenvalue weighted by molar-refractivity contribution is -0.159. The molecule has 1 aromatic carbocycles. The Labute approximate surface area is 130 Å². The fourth-order valence-corrected chi connectivity index (χ4v) is 1.78.